The summed E-state index contributed by atoms with van der Waals surface area (Å²) in [6, 6.07) is 4.82. The van der Waals surface area contributed by atoms with Crippen LogP contribution in [0, 0.1) is 5.92 Å². The first kappa shape index (κ1) is 26.8. The maximum atomic E-state index is 13.4. The highest BCUT2D eigenvalue weighted by Gasteiger charge is 2.30. The number of carbonyl (C=O) groups excluding carboxylic acids is 3. The molecule has 1 aromatic carbocycles. The second-order valence-corrected chi connectivity index (χ2v) is 9.79. The number of nitrogens with one attached hydrogen (secondary N) is 2. The summed E-state index contributed by atoms with van der Waals surface area (Å²) in [5, 5.41) is 5.85. The van der Waals surface area contributed by atoms with Gasteiger partial charge in [0.05, 0.1) is 17.7 Å². The third-order valence-corrected chi connectivity index (χ3v) is 7.02. The molecule has 0 unspecified atom stereocenters. The highest BCUT2D eigenvalue weighted by Crippen LogP contribution is 2.27. The van der Waals surface area contributed by atoms with Crippen molar-refractivity contribution < 1.29 is 23.9 Å². The van der Waals surface area contributed by atoms with Crippen LogP contribution in [-0.4, -0.2) is 79.7 Å². The first-order valence-corrected chi connectivity index (χ1v) is 12.7. The fraction of sp³-hybridized carbons (Fsp3) is 0.654. The van der Waals surface area contributed by atoms with Crippen LogP contribution in [0.25, 0.3) is 0 Å². The normalized spacial score (nSPS) is 24.1. The van der Waals surface area contributed by atoms with Crippen LogP contribution in [0.4, 0.5) is 10.5 Å². The summed E-state index contributed by atoms with van der Waals surface area (Å²) in [7, 11) is 3.35. The summed E-state index contributed by atoms with van der Waals surface area (Å²) < 4.78 is 11.8. The van der Waals surface area contributed by atoms with Crippen LogP contribution in [0.3, 0.4) is 0 Å². The zero-order chi connectivity index (χ0) is 25.5. The molecule has 0 spiro atoms. The minimum absolute atomic E-state index is 0.0133. The average Bonchev–Trinajstić information content (AvgIpc) is 3.35. The number of carbonyl (C=O) groups is 3. The summed E-state index contributed by atoms with van der Waals surface area (Å²) in [6.45, 7) is 6.95. The smallest absolute Gasteiger partial charge is 0.319 e. The first-order chi connectivity index (χ1) is 16.7. The molecule has 194 valence electrons. The standard InChI is InChI=1S/C26H40N4O5/c1-6-24(31)30-14-17(2)23(34-5)15-29(4)25(32)21-13-20(11-12-22(21)35-16-18(30)3)28-26(33)27-19-9-7-8-10-19/h11-13,17-19,23H,6-10,14-16H2,1-5H3,(H2,27,28,33)/t17-,18-,23-/m1/s1. The first-order valence-electron chi connectivity index (χ1n) is 12.7. The van der Waals surface area contributed by atoms with Crippen molar-refractivity contribution in [3.63, 3.8) is 0 Å². The van der Waals surface area contributed by atoms with E-state index >= 15 is 0 Å². The molecule has 0 bridgehead atoms. The molecule has 9 heteroatoms. The largest absolute Gasteiger partial charge is 0.491 e. The van der Waals surface area contributed by atoms with Crippen LogP contribution >= 0.6 is 0 Å². The minimum Gasteiger partial charge on any atom is -0.491 e. The van der Waals surface area contributed by atoms with Gasteiger partial charge in [-0.05, 0) is 38.0 Å². The molecule has 9 nitrogen and oxygen atoms in total. The van der Waals surface area contributed by atoms with E-state index in [1.54, 1.807) is 37.3 Å². The predicted molar refractivity (Wildman–Crippen MR) is 135 cm³/mol. The van der Waals surface area contributed by atoms with E-state index in [0.717, 1.165) is 25.7 Å². The Morgan fingerprint density at radius 2 is 1.89 bits per heavy atom. The van der Waals surface area contributed by atoms with Gasteiger partial charge in [0, 0.05) is 51.3 Å². The van der Waals surface area contributed by atoms with Gasteiger partial charge in [-0.2, -0.15) is 0 Å². The summed E-state index contributed by atoms with van der Waals surface area (Å²) in [5.41, 5.74) is 0.874. The molecule has 1 saturated carbocycles. The predicted octanol–water partition coefficient (Wildman–Crippen LogP) is 3.49. The number of hydrogen-bond donors (Lipinski definition) is 2. The van der Waals surface area contributed by atoms with Gasteiger partial charge in [-0.25, -0.2) is 4.79 Å². The van der Waals surface area contributed by atoms with Gasteiger partial charge >= 0.3 is 6.03 Å². The van der Waals surface area contributed by atoms with Crippen molar-refractivity contribution >= 4 is 23.5 Å². The monoisotopic (exact) mass is 488 g/mol. The van der Waals surface area contributed by atoms with Gasteiger partial charge in [0.25, 0.3) is 5.91 Å². The topological polar surface area (TPSA) is 100 Å². The van der Waals surface area contributed by atoms with E-state index in [0.29, 0.717) is 36.5 Å². The number of benzene rings is 1. The number of anilines is 1. The average molecular weight is 489 g/mol. The number of hydrogen-bond acceptors (Lipinski definition) is 5. The van der Waals surface area contributed by atoms with Crippen molar-refractivity contribution in [2.24, 2.45) is 5.92 Å². The molecule has 3 atom stereocenters. The Morgan fingerprint density at radius 1 is 1.17 bits per heavy atom. The zero-order valence-electron chi connectivity index (χ0n) is 21.6. The molecule has 0 aromatic heterocycles. The zero-order valence-corrected chi connectivity index (χ0v) is 21.6. The van der Waals surface area contributed by atoms with Crippen LogP contribution < -0.4 is 15.4 Å². The summed E-state index contributed by atoms with van der Waals surface area (Å²) in [5.74, 6) is 0.266. The van der Waals surface area contributed by atoms with Crippen LogP contribution in [0.5, 0.6) is 5.75 Å². The second-order valence-electron chi connectivity index (χ2n) is 9.79. The molecule has 1 aliphatic carbocycles. The molecule has 1 aliphatic heterocycles. The summed E-state index contributed by atoms with van der Waals surface area (Å²) >= 11 is 0. The van der Waals surface area contributed by atoms with E-state index in [-0.39, 0.29) is 48.6 Å². The van der Waals surface area contributed by atoms with Gasteiger partial charge in [0.2, 0.25) is 5.91 Å². The van der Waals surface area contributed by atoms with E-state index in [1.165, 1.54) is 0 Å². The molecule has 3 rings (SSSR count). The molecule has 4 amide bonds. The van der Waals surface area contributed by atoms with Gasteiger partial charge < -0.3 is 29.9 Å². The lowest BCUT2D eigenvalue weighted by Gasteiger charge is -2.36. The maximum absolute atomic E-state index is 13.4. The fourth-order valence-corrected chi connectivity index (χ4v) is 4.83. The molecule has 0 saturated heterocycles. The van der Waals surface area contributed by atoms with Gasteiger partial charge in [0.15, 0.2) is 0 Å². The Balaban J connectivity index is 1.87. The third kappa shape index (κ3) is 6.87. The summed E-state index contributed by atoms with van der Waals surface area (Å²) in [4.78, 5) is 42.0. The van der Waals surface area contributed by atoms with E-state index in [1.807, 2.05) is 25.7 Å². The van der Waals surface area contributed by atoms with E-state index in [9.17, 15) is 14.4 Å². The quantitative estimate of drug-likeness (QED) is 0.676. The number of urea groups is 1. The number of ether oxygens (including phenoxy) is 2. The molecule has 1 heterocycles. The minimum atomic E-state index is -0.276. The number of likely N-dealkylation sites (N-methyl/N-ethyl adjacent to an activating group) is 1. The number of methoxy groups -OCH3 is 1. The van der Waals surface area contributed by atoms with Crippen molar-refractivity contribution in [3.05, 3.63) is 23.8 Å². The maximum Gasteiger partial charge on any atom is 0.319 e. The lowest BCUT2D eigenvalue weighted by Crippen LogP contribution is -2.48. The molecule has 2 N–H and O–H groups in total. The SMILES string of the molecule is CCC(=O)N1C[C@@H](C)[C@H](OC)CN(C)C(=O)c2cc(NC(=O)NC3CCCC3)ccc2OC[C@H]1C. The molecular formula is C26H40N4O5. The Kier molecular flexibility index (Phi) is 9.37. The molecule has 1 fully saturated rings. The molecule has 2 aliphatic rings. The van der Waals surface area contributed by atoms with Crippen LogP contribution in [0.15, 0.2) is 18.2 Å². The number of fused-ring (bicyclic) bond motifs is 1. The van der Waals surface area contributed by atoms with Crippen molar-refractivity contribution in [3.8, 4) is 5.75 Å². The summed E-state index contributed by atoms with van der Waals surface area (Å²) in [6.07, 6.45) is 4.39. The van der Waals surface area contributed by atoms with E-state index in [4.69, 9.17) is 9.47 Å². The van der Waals surface area contributed by atoms with Crippen LogP contribution in [0.2, 0.25) is 0 Å². The number of rotatable bonds is 4. The number of amides is 4. The van der Waals surface area contributed by atoms with Gasteiger partial charge in [-0.15, -0.1) is 0 Å². The highest BCUT2D eigenvalue weighted by molar-refractivity contribution is 5.99. The van der Waals surface area contributed by atoms with Crippen molar-refractivity contribution in [2.75, 3.05) is 39.2 Å². The highest BCUT2D eigenvalue weighted by atomic mass is 16.5. The van der Waals surface area contributed by atoms with E-state index in [2.05, 4.69) is 10.6 Å². The lowest BCUT2D eigenvalue weighted by molar-refractivity contribution is -0.135. The fourth-order valence-electron chi connectivity index (χ4n) is 4.83. The van der Waals surface area contributed by atoms with E-state index < -0.39 is 0 Å². The van der Waals surface area contributed by atoms with Crippen molar-refractivity contribution in [2.45, 2.75) is 71.1 Å². The second kappa shape index (κ2) is 12.2. The Hall–Kier alpha value is -2.81. The van der Waals surface area contributed by atoms with Gasteiger partial charge in [-0.3, -0.25) is 9.59 Å². The Morgan fingerprint density at radius 3 is 2.54 bits per heavy atom. The number of nitrogens with zero attached hydrogens (tertiary/aromatic N) is 2. The molecule has 35 heavy (non-hydrogen) atoms. The van der Waals surface area contributed by atoms with Gasteiger partial charge in [-0.1, -0.05) is 26.7 Å². The molecular weight excluding hydrogens is 448 g/mol. The lowest BCUT2D eigenvalue weighted by atomic mass is 10.0. The van der Waals surface area contributed by atoms with Crippen molar-refractivity contribution in [1.29, 1.82) is 0 Å². The third-order valence-electron chi connectivity index (χ3n) is 7.02. The van der Waals surface area contributed by atoms with Gasteiger partial charge in [0.1, 0.15) is 12.4 Å². The van der Waals surface area contributed by atoms with Crippen LogP contribution in [0.1, 0.15) is 63.2 Å². The molecule has 0 radical (unpaired) electrons. The Bertz CT molecular complexity index is 902. The Labute approximate surface area is 208 Å². The van der Waals surface area contributed by atoms with Crippen molar-refractivity contribution in [1.82, 2.24) is 15.1 Å². The molecule has 1 aromatic rings. The van der Waals surface area contributed by atoms with Crippen LogP contribution in [-0.2, 0) is 9.53 Å².